The molecule has 2 aromatic carbocycles. The van der Waals surface area contributed by atoms with Gasteiger partial charge < -0.3 is 21.3 Å². The van der Waals surface area contributed by atoms with Crippen LogP contribution in [-0.2, 0) is 0 Å². The largest absolute Gasteiger partial charge is 0.397 e. The quantitative estimate of drug-likeness (QED) is 0.487. The molecule has 6 nitrogen and oxygen atoms in total. The van der Waals surface area contributed by atoms with Crippen molar-refractivity contribution in [1.82, 2.24) is 14.9 Å². The van der Waals surface area contributed by atoms with Crippen LogP contribution in [0.5, 0.6) is 0 Å². The monoisotopic (exact) mass is 386 g/mol. The summed E-state index contributed by atoms with van der Waals surface area (Å²) in [6.07, 6.45) is 0.973. The molecule has 2 heterocycles. The van der Waals surface area contributed by atoms with Crippen LogP contribution >= 0.6 is 0 Å². The van der Waals surface area contributed by atoms with Gasteiger partial charge in [-0.3, -0.25) is 0 Å². The van der Waals surface area contributed by atoms with Crippen LogP contribution in [0.2, 0.25) is 0 Å². The predicted octanol–water partition coefficient (Wildman–Crippen LogP) is 4.04. The van der Waals surface area contributed by atoms with E-state index >= 15 is 0 Å². The molecule has 0 bridgehead atoms. The van der Waals surface area contributed by atoms with Crippen LogP contribution in [0.25, 0.3) is 21.8 Å². The molecule has 4 N–H and O–H groups in total. The molecular weight excluding hydrogens is 360 g/mol. The highest BCUT2D eigenvalue weighted by atomic mass is 15.2. The molecular formula is C23H26N6. The maximum atomic E-state index is 6.18. The Kier molecular flexibility index (Phi) is 5.18. The van der Waals surface area contributed by atoms with E-state index < -0.39 is 0 Å². The number of nitrogen functional groups attached to an aromatic ring is 2. The van der Waals surface area contributed by atoms with Crippen LogP contribution in [0.1, 0.15) is 6.42 Å². The molecule has 4 aromatic rings. The molecule has 0 spiro atoms. The Morgan fingerprint density at radius 3 is 1.69 bits per heavy atom. The molecule has 29 heavy (non-hydrogen) atoms. The van der Waals surface area contributed by atoms with Gasteiger partial charge in [0.25, 0.3) is 0 Å². The Morgan fingerprint density at radius 2 is 1.21 bits per heavy atom. The van der Waals surface area contributed by atoms with Crippen LogP contribution in [-0.4, -0.2) is 42.1 Å². The Hall–Kier alpha value is -3.38. The third-order valence-corrected chi connectivity index (χ3v) is 5.01. The van der Waals surface area contributed by atoms with Crippen LogP contribution in [0, 0.1) is 0 Å². The van der Waals surface area contributed by atoms with Gasteiger partial charge in [0.1, 0.15) is 11.6 Å². The Bertz CT molecular complexity index is 1070. The lowest BCUT2D eigenvalue weighted by Crippen LogP contribution is -2.24. The predicted molar refractivity (Wildman–Crippen MR) is 122 cm³/mol. The molecule has 148 valence electrons. The number of fused-ring (bicyclic) bond motifs is 2. The first kappa shape index (κ1) is 19.0. The number of hydrogen-bond donors (Lipinski definition) is 2. The summed E-state index contributed by atoms with van der Waals surface area (Å²) < 4.78 is 0. The standard InChI is InChI=1S/C23H26N6/c1-28(2)14-5-15-29(20-12-10-16-6-3-8-18(24)22(16)26-20)21-13-11-17-7-4-9-19(25)23(17)27-21/h3-4,6-13H,5,14-15,24-25H2,1-2H3. The first-order valence-electron chi connectivity index (χ1n) is 9.76. The van der Waals surface area contributed by atoms with Crippen molar-refractivity contribution in [2.24, 2.45) is 0 Å². The Balaban J connectivity index is 1.79. The molecule has 2 aromatic heterocycles. The lowest BCUT2D eigenvalue weighted by molar-refractivity contribution is 0.402. The summed E-state index contributed by atoms with van der Waals surface area (Å²) in [7, 11) is 4.16. The molecule has 0 saturated carbocycles. The van der Waals surface area contributed by atoms with Crippen molar-refractivity contribution in [2.45, 2.75) is 6.42 Å². The summed E-state index contributed by atoms with van der Waals surface area (Å²) in [5, 5.41) is 2.05. The van der Waals surface area contributed by atoms with E-state index in [1.54, 1.807) is 0 Å². The average molecular weight is 387 g/mol. The second-order valence-corrected chi connectivity index (χ2v) is 7.49. The van der Waals surface area contributed by atoms with E-state index in [1.807, 2.05) is 48.5 Å². The van der Waals surface area contributed by atoms with Gasteiger partial charge in [0.2, 0.25) is 0 Å². The number of aromatic nitrogens is 2. The normalized spacial score (nSPS) is 11.4. The number of rotatable bonds is 6. The highest BCUT2D eigenvalue weighted by Gasteiger charge is 2.15. The summed E-state index contributed by atoms with van der Waals surface area (Å²) >= 11 is 0. The molecule has 0 aliphatic heterocycles. The second kappa shape index (κ2) is 7.93. The smallest absolute Gasteiger partial charge is 0.134 e. The van der Waals surface area contributed by atoms with E-state index in [0.29, 0.717) is 11.4 Å². The van der Waals surface area contributed by atoms with Crippen molar-refractivity contribution < 1.29 is 0 Å². The fraction of sp³-hybridized carbons (Fsp3) is 0.217. The van der Waals surface area contributed by atoms with Crippen molar-refractivity contribution in [2.75, 3.05) is 43.6 Å². The number of nitrogens with two attached hydrogens (primary N) is 2. The fourth-order valence-corrected chi connectivity index (χ4v) is 3.51. The zero-order valence-corrected chi connectivity index (χ0v) is 16.8. The molecule has 0 radical (unpaired) electrons. The Morgan fingerprint density at radius 1 is 0.690 bits per heavy atom. The second-order valence-electron chi connectivity index (χ2n) is 7.49. The lowest BCUT2D eigenvalue weighted by Gasteiger charge is -2.24. The molecule has 0 saturated heterocycles. The van der Waals surface area contributed by atoms with Crippen LogP contribution in [0.4, 0.5) is 23.0 Å². The molecule has 0 amide bonds. The van der Waals surface area contributed by atoms with E-state index in [-0.39, 0.29) is 0 Å². The van der Waals surface area contributed by atoms with E-state index in [9.17, 15) is 0 Å². The topological polar surface area (TPSA) is 84.3 Å². The third kappa shape index (κ3) is 3.93. The zero-order valence-electron chi connectivity index (χ0n) is 16.8. The first-order valence-corrected chi connectivity index (χ1v) is 9.76. The van der Waals surface area contributed by atoms with Crippen molar-refractivity contribution in [3.8, 4) is 0 Å². The average Bonchev–Trinajstić information content (AvgIpc) is 2.71. The van der Waals surface area contributed by atoms with Gasteiger partial charge in [0, 0.05) is 17.3 Å². The van der Waals surface area contributed by atoms with E-state index in [1.165, 1.54) is 0 Å². The van der Waals surface area contributed by atoms with Gasteiger partial charge in [-0.15, -0.1) is 0 Å². The maximum Gasteiger partial charge on any atom is 0.134 e. The summed E-state index contributed by atoms with van der Waals surface area (Å²) in [4.78, 5) is 14.1. The number of hydrogen-bond acceptors (Lipinski definition) is 6. The molecule has 0 unspecified atom stereocenters. The number of nitrogens with zero attached hydrogens (tertiary/aromatic N) is 4. The Labute approximate surface area is 170 Å². The number of benzene rings is 2. The first-order chi connectivity index (χ1) is 14.0. The minimum absolute atomic E-state index is 0.674. The van der Waals surface area contributed by atoms with Gasteiger partial charge >= 0.3 is 0 Å². The molecule has 6 heteroatoms. The molecule has 0 atom stereocenters. The van der Waals surface area contributed by atoms with Crippen LogP contribution < -0.4 is 16.4 Å². The van der Waals surface area contributed by atoms with Crippen molar-refractivity contribution in [3.05, 3.63) is 60.7 Å². The van der Waals surface area contributed by atoms with E-state index in [2.05, 4.69) is 36.0 Å². The van der Waals surface area contributed by atoms with Crippen LogP contribution in [0.15, 0.2) is 60.7 Å². The highest BCUT2D eigenvalue weighted by Crippen LogP contribution is 2.29. The zero-order chi connectivity index (χ0) is 20.4. The molecule has 0 aliphatic carbocycles. The van der Waals surface area contributed by atoms with Gasteiger partial charge in [-0.1, -0.05) is 24.3 Å². The van der Waals surface area contributed by atoms with Gasteiger partial charge in [-0.25, -0.2) is 9.97 Å². The highest BCUT2D eigenvalue weighted by molar-refractivity contribution is 5.92. The number of pyridine rings is 2. The van der Waals surface area contributed by atoms with Crippen LogP contribution in [0.3, 0.4) is 0 Å². The summed E-state index contributed by atoms with van der Waals surface area (Å²) in [6.45, 7) is 1.76. The third-order valence-electron chi connectivity index (χ3n) is 5.01. The van der Waals surface area contributed by atoms with Crippen molar-refractivity contribution in [3.63, 3.8) is 0 Å². The van der Waals surface area contributed by atoms with E-state index in [4.69, 9.17) is 21.4 Å². The van der Waals surface area contributed by atoms with Gasteiger partial charge in [0.15, 0.2) is 0 Å². The van der Waals surface area contributed by atoms with Crippen molar-refractivity contribution in [1.29, 1.82) is 0 Å². The minimum Gasteiger partial charge on any atom is -0.397 e. The molecule has 0 fully saturated rings. The number of para-hydroxylation sites is 2. The summed E-state index contributed by atoms with van der Waals surface area (Å²) in [6, 6.07) is 19.9. The minimum atomic E-state index is 0.674. The fourth-order valence-electron chi connectivity index (χ4n) is 3.51. The SMILES string of the molecule is CN(C)CCCN(c1ccc2cccc(N)c2n1)c1ccc2cccc(N)c2n1. The summed E-state index contributed by atoms with van der Waals surface area (Å²) in [5.41, 5.74) is 15.3. The van der Waals surface area contributed by atoms with Gasteiger partial charge in [0.05, 0.1) is 22.4 Å². The molecule has 0 aliphatic rings. The van der Waals surface area contributed by atoms with Gasteiger partial charge in [-0.05, 0) is 63.5 Å². The molecule has 4 rings (SSSR count). The summed E-state index contributed by atoms with van der Waals surface area (Å²) in [5.74, 6) is 1.66. The van der Waals surface area contributed by atoms with Crippen molar-refractivity contribution >= 4 is 44.8 Å². The lowest BCUT2D eigenvalue weighted by atomic mass is 10.1. The number of anilines is 4. The van der Waals surface area contributed by atoms with Gasteiger partial charge in [-0.2, -0.15) is 0 Å². The van der Waals surface area contributed by atoms with E-state index in [0.717, 1.165) is 53.0 Å². The maximum absolute atomic E-state index is 6.18.